The highest BCUT2D eigenvalue weighted by atomic mass is 16.3. The highest BCUT2D eigenvalue weighted by molar-refractivity contribution is 5.91. The minimum atomic E-state index is -0.499. The topological polar surface area (TPSA) is 61.4 Å². The molecule has 0 aliphatic rings. The fourth-order valence-electron chi connectivity index (χ4n) is 1.94. The summed E-state index contributed by atoms with van der Waals surface area (Å²) in [6.45, 7) is 6.02. The fourth-order valence-corrected chi connectivity index (χ4v) is 1.94. The number of rotatable bonds is 6. The van der Waals surface area contributed by atoms with Crippen molar-refractivity contribution in [2.45, 2.75) is 33.2 Å². The lowest BCUT2D eigenvalue weighted by atomic mass is 10.1. The van der Waals surface area contributed by atoms with Crippen LogP contribution in [0.2, 0.25) is 0 Å². The number of carbonyl (C=O) groups excluding carboxylic acids is 1. The molecular formula is C14H22N2O2. The summed E-state index contributed by atoms with van der Waals surface area (Å²) in [5, 5.41) is 14.7. The van der Waals surface area contributed by atoms with E-state index < -0.39 is 12.5 Å². The predicted molar refractivity (Wildman–Crippen MR) is 74.7 cm³/mol. The van der Waals surface area contributed by atoms with Gasteiger partial charge in [0, 0.05) is 17.4 Å². The molecule has 18 heavy (non-hydrogen) atoms. The van der Waals surface area contributed by atoms with Gasteiger partial charge in [-0.1, -0.05) is 19.9 Å². The van der Waals surface area contributed by atoms with Crippen molar-refractivity contribution in [2.24, 2.45) is 5.92 Å². The molecule has 4 heteroatoms. The van der Waals surface area contributed by atoms with E-state index in [0.717, 1.165) is 12.1 Å². The first-order chi connectivity index (χ1) is 8.51. The molecule has 0 saturated carbocycles. The Labute approximate surface area is 108 Å². The lowest BCUT2D eigenvalue weighted by Crippen LogP contribution is -2.18. The number of hydrogen-bond acceptors (Lipinski definition) is 3. The highest BCUT2D eigenvalue weighted by Crippen LogP contribution is 2.17. The first kappa shape index (κ1) is 14.5. The molecule has 0 radical (unpaired) electrons. The molecule has 0 bridgehead atoms. The van der Waals surface area contributed by atoms with E-state index in [2.05, 4.69) is 31.4 Å². The number of benzene rings is 1. The predicted octanol–water partition coefficient (Wildman–Crippen LogP) is 2.46. The number of amides is 1. The molecule has 0 aromatic heterocycles. The Bertz CT molecular complexity index is 391. The molecule has 0 spiro atoms. The van der Waals surface area contributed by atoms with Crippen molar-refractivity contribution in [2.75, 3.05) is 17.2 Å². The van der Waals surface area contributed by atoms with Crippen LogP contribution in [-0.4, -0.2) is 23.7 Å². The van der Waals surface area contributed by atoms with Crippen molar-refractivity contribution in [3.63, 3.8) is 0 Å². The number of aliphatic hydroxyl groups is 1. The smallest absolute Gasteiger partial charge is 0.250 e. The SMILES string of the molecule is CC(C)CC(C)Nc1cccc(NC(=O)CO)c1. The third kappa shape index (κ3) is 5.19. The van der Waals surface area contributed by atoms with E-state index in [1.54, 1.807) is 6.07 Å². The molecule has 3 N–H and O–H groups in total. The van der Waals surface area contributed by atoms with E-state index in [0.29, 0.717) is 17.6 Å². The van der Waals surface area contributed by atoms with Gasteiger partial charge >= 0.3 is 0 Å². The zero-order valence-electron chi connectivity index (χ0n) is 11.2. The zero-order chi connectivity index (χ0) is 13.5. The van der Waals surface area contributed by atoms with E-state index in [9.17, 15) is 4.79 Å². The summed E-state index contributed by atoms with van der Waals surface area (Å²) in [6, 6.07) is 7.88. The van der Waals surface area contributed by atoms with Crippen LogP contribution in [0.15, 0.2) is 24.3 Å². The molecule has 0 saturated heterocycles. The largest absolute Gasteiger partial charge is 0.387 e. The Morgan fingerprint density at radius 1 is 1.28 bits per heavy atom. The summed E-state index contributed by atoms with van der Waals surface area (Å²) in [5.74, 6) is 0.243. The summed E-state index contributed by atoms with van der Waals surface area (Å²) in [4.78, 5) is 11.1. The summed E-state index contributed by atoms with van der Waals surface area (Å²) < 4.78 is 0. The van der Waals surface area contributed by atoms with Crippen LogP contribution >= 0.6 is 0 Å². The van der Waals surface area contributed by atoms with Gasteiger partial charge in [-0.25, -0.2) is 0 Å². The van der Waals surface area contributed by atoms with Gasteiger partial charge in [0.25, 0.3) is 0 Å². The Kier molecular flexibility index (Phi) is 5.65. The normalized spacial score (nSPS) is 12.3. The Hall–Kier alpha value is -1.55. The Morgan fingerprint density at radius 3 is 2.56 bits per heavy atom. The van der Waals surface area contributed by atoms with Gasteiger partial charge < -0.3 is 15.7 Å². The van der Waals surface area contributed by atoms with Gasteiger partial charge in [0.05, 0.1) is 0 Å². The third-order valence-corrected chi connectivity index (χ3v) is 2.53. The number of carbonyl (C=O) groups is 1. The van der Waals surface area contributed by atoms with Crippen molar-refractivity contribution in [3.05, 3.63) is 24.3 Å². The molecule has 100 valence electrons. The van der Waals surface area contributed by atoms with Crippen LogP contribution in [0.3, 0.4) is 0 Å². The maximum absolute atomic E-state index is 11.1. The average molecular weight is 250 g/mol. The van der Waals surface area contributed by atoms with Crippen LogP contribution in [0.1, 0.15) is 27.2 Å². The van der Waals surface area contributed by atoms with Gasteiger partial charge in [0.1, 0.15) is 6.61 Å². The van der Waals surface area contributed by atoms with Crippen molar-refractivity contribution in [1.29, 1.82) is 0 Å². The van der Waals surface area contributed by atoms with Crippen LogP contribution in [0.5, 0.6) is 0 Å². The first-order valence-corrected chi connectivity index (χ1v) is 6.28. The molecule has 0 aliphatic heterocycles. The Morgan fingerprint density at radius 2 is 1.94 bits per heavy atom. The molecule has 1 atom stereocenters. The Balaban J connectivity index is 2.61. The molecule has 1 aromatic rings. The summed E-state index contributed by atoms with van der Waals surface area (Å²) in [7, 11) is 0. The molecule has 0 aliphatic carbocycles. The minimum Gasteiger partial charge on any atom is -0.387 e. The molecule has 1 unspecified atom stereocenters. The summed E-state index contributed by atoms with van der Waals surface area (Å²) in [6.07, 6.45) is 1.09. The molecule has 1 aromatic carbocycles. The van der Waals surface area contributed by atoms with Crippen LogP contribution < -0.4 is 10.6 Å². The number of nitrogens with one attached hydrogen (secondary N) is 2. The van der Waals surface area contributed by atoms with E-state index in [1.807, 2.05) is 18.2 Å². The lowest BCUT2D eigenvalue weighted by molar-refractivity contribution is -0.118. The third-order valence-electron chi connectivity index (χ3n) is 2.53. The van der Waals surface area contributed by atoms with Crippen LogP contribution in [-0.2, 0) is 4.79 Å². The van der Waals surface area contributed by atoms with Gasteiger partial charge in [-0.3, -0.25) is 4.79 Å². The second-order valence-corrected chi connectivity index (χ2v) is 4.96. The van der Waals surface area contributed by atoms with Crippen molar-refractivity contribution in [1.82, 2.24) is 0 Å². The zero-order valence-corrected chi connectivity index (χ0v) is 11.2. The van der Waals surface area contributed by atoms with Crippen molar-refractivity contribution >= 4 is 17.3 Å². The number of anilines is 2. The maximum atomic E-state index is 11.1. The van der Waals surface area contributed by atoms with Crippen LogP contribution in [0.4, 0.5) is 11.4 Å². The van der Waals surface area contributed by atoms with Gasteiger partial charge in [-0.15, -0.1) is 0 Å². The number of hydrogen-bond donors (Lipinski definition) is 3. The standard InChI is InChI=1S/C14H22N2O2/c1-10(2)7-11(3)15-12-5-4-6-13(8-12)16-14(18)9-17/h4-6,8,10-11,15,17H,7,9H2,1-3H3,(H,16,18). The van der Waals surface area contributed by atoms with Crippen molar-refractivity contribution < 1.29 is 9.90 Å². The van der Waals surface area contributed by atoms with Crippen LogP contribution in [0.25, 0.3) is 0 Å². The fraction of sp³-hybridized carbons (Fsp3) is 0.500. The maximum Gasteiger partial charge on any atom is 0.250 e. The minimum absolute atomic E-state index is 0.383. The van der Waals surface area contributed by atoms with E-state index >= 15 is 0 Å². The number of aliphatic hydroxyl groups excluding tert-OH is 1. The van der Waals surface area contributed by atoms with Gasteiger partial charge in [-0.2, -0.15) is 0 Å². The van der Waals surface area contributed by atoms with E-state index in [1.165, 1.54) is 0 Å². The average Bonchev–Trinajstić information content (AvgIpc) is 2.28. The van der Waals surface area contributed by atoms with Gasteiger partial charge in [-0.05, 0) is 37.5 Å². The molecular weight excluding hydrogens is 228 g/mol. The van der Waals surface area contributed by atoms with Gasteiger partial charge in [0.15, 0.2) is 0 Å². The molecule has 1 amide bonds. The lowest BCUT2D eigenvalue weighted by Gasteiger charge is -2.17. The van der Waals surface area contributed by atoms with Crippen LogP contribution in [0, 0.1) is 5.92 Å². The van der Waals surface area contributed by atoms with E-state index in [-0.39, 0.29) is 0 Å². The second-order valence-electron chi connectivity index (χ2n) is 4.96. The second kappa shape index (κ2) is 7.01. The highest BCUT2D eigenvalue weighted by Gasteiger charge is 2.06. The van der Waals surface area contributed by atoms with Gasteiger partial charge in [0.2, 0.25) is 5.91 Å². The summed E-state index contributed by atoms with van der Waals surface area (Å²) >= 11 is 0. The monoisotopic (exact) mass is 250 g/mol. The summed E-state index contributed by atoms with van der Waals surface area (Å²) in [5.41, 5.74) is 1.66. The molecule has 4 nitrogen and oxygen atoms in total. The quantitative estimate of drug-likeness (QED) is 0.727. The molecule has 0 fully saturated rings. The van der Waals surface area contributed by atoms with Crippen molar-refractivity contribution in [3.8, 4) is 0 Å². The molecule has 1 rings (SSSR count). The van der Waals surface area contributed by atoms with E-state index in [4.69, 9.17) is 5.11 Å². The molecule has 0 heterocycles. The first-order valence-electron chi connectivity index (χ1n) is 6.28.